The second kappa shape index (κ2) is 4.58. The van der Waals surface area contributed by atoms with Gasteiger partial charge in [-0.25, -0.2) is 9.86 Å². The third kappa shape index (κ3) is 3.28. The highest BCUT2D eigenvalue weighted by molar-refractivity contribution is 7.87. The van der Waals surface area contributed by atoms with E-state index in [1.807, 2.05) is 13.8 Å². The molecule has 1 amide bonds. The first-order chi connectivity index (χ1) is 7.31. The van der Waals surface area contributed by atoms with Crippen LogP contribution in [-0.4, -0.2) is 19.3 Å². The smallest absolute Gasteiger partial charge is 0.266 e. The Labute approximate surface area is 94.1 Å². The fourth-order valence-corrected chi connectivity index (χ4v) is 1.61. The van der Waals surface area contributed by atoms with Crippen molar-refractivity contribution in [1.29, 1.82) is 0 Å². The van der Waals surface area contributed by atoms with Crippen molar-refractivity contribution in [2.75, 3.05) is 0 Å². The summed E-state index contributed by atoms with van der Waals surface area (Å²) in [5.74, 6) is -0.748. The van der Waals surface area contributed by atoms with E-state index in [9.17, 15) is 13.2 Å². The molecule has 0 radical (unpaired) electrons. The van der Waals surface area contributed by atoms with Crippen LogP contribution in [0.25, 0.3) is 0 Å². The molecule has 0 atom stereocenters. The molecule has 0 aliphatic heterocycles. The summed E-state index contributed by atoms with van der Waals surface area (Å²) in [6.07, 6.45) is 1.42. The third-order valence-electron chi connectivity index (χ3n) is 1.91. The zero-order valence-corrected chi connectivity index (χ0v) is 9.78. The lowest BCUT2D eigenvalue weighted by Crippen LogP contribution is -2.37. The molecular formula is C9H13N3O3S. The van der Waals surface area contributed by atoms with Gasteiger partial charge in [0.15, 0.2) is 0 Å². The van der Waals surface area contributed by atoms with E-state index in [-0.39, 0.29) is 11.6 Å². The van der Waals surface area contributed by atoms with E-state index in [2.05, 4.69) is 4.98 Å². The molecule has 6 nitrogen and oxygen atoms in total. The van der Waals surface area contributed by atoms with E-state index in [1.54, 1.807) is 16.9 Å². The minimum absolute atomic E-state index is 0.0647. The van der Waals surface area contributed by atoms with Gasteiger partial charge in [-0.3, -0.25) is 9.78 Å². The first kappa shape index (κ1) is 12.6. The van der Waals surface area contributed by atoms with Crippen LogP contribution < -0.4 is 9.86 Å². The number of rotatable bonds is 3. The Balaban J connectivity index is 3.09. The molecule has 1 aromatic rings. The van der Waals surface area contributed by atoms with Crippen LogP contribution in [0, 0.1) is 0 Å². The van der Waals surface area contributed by atoms with Crippen molar-refractivity contribution in [3.63, 3.8) is 0 Å². The second-order valence-corrected chi connectivity index (χ2v) is 4.87. The van der Waals surface area contributed by atoms with Gasteiger partial charge in [-0.05, 0) is 17.5 Å². The number of nitrogens with one attached hydrogen (secondary N) is 1. The molecule has 1 heterocycles. The molecule has 0 saturated carbocycles. The summed E-state index contributed by atoms with van der Waals surface area (Å²) in [6.45, 7) is 3.76. The number of carbonyl (C=O) groups excluding carboxylic acids is 1. The van der Waals surface area contributed by atoms with E-state index < -0.39 is 16.1 Å². The van der Waals surface area contributed by atoms with Crippen molar-refractivity contribution in [2.45, 2.75) is 19.8 Å². The average molecular weight is 243 g/mol. The van der Waals surface area contributed by atoms with Gasteiger partial charge in [-0.1, -0.05) is 19.9 Å². The van der Waals surface area contributed by atoms with Crippen LogP contribution in [0.3, 0.4) is 0 Å². The molecule has 3 N–H and O–H groups in total. The number of nitrogens with two attached hydrogens (primary N) is 1. The predicted molar refractivity (Wildman–Crippen MR) is 58.9 cm³/mol. The van der Waals surface area contributed by atoms with Gasteiger partial charge in [-0.2, -0.15) is 8.42 Å². The van der Waals surface area contributed by atoms with Gasteiger partial charge in [0.05, 0.1) is 0 Å². The largest absolute Gasteiger partial charge is 0.299 e. The van der Waals surface area contributed by atoms with Crippen LogP contribution in [0.15, 0.2) is 18.3 Å². The fraction of sp³-hybridized carbons (Fsp3) is 0.333. The molecular weight excluding hydrogens is 230 g/mol. The Morgan fingerprint density at radius 3 is 2.62 bits per heavy atom. The Hall–Kier alpha value is -1.47. The van der Waals surface area contributed by atoms with E-state index >= 15 is 0 Å². The Bertz CT molecular complexity index is 496. The van der Waals surface area contributed by atoms with Crippen molar-refractivity contribution < 1.29 is 13.2 Å². The number of hydrogen-bond acceptors (Lipinski definition) is 4. The lowest BCUT2D eigenvalue weighted by Gasteiger charge is -2.10. The summed E-state index contributed by atoms with van der Waals surface area (Å²) in [5, 5.41) is 4.71. The van der Waals surface area contributed by atoms with Gasteiger partial charge >= 0.3 is 0 Å². The van der Waals surface area contributed by atoms with E-state index in [0.717, 1.165) is 0 Å². The highest BCUT2D eigenvalue weighted by atomic mass is 32.2. The summed E-state index contributed by atoms with van der Waals surface area (Å²) in [7, 11) is -4.05. The first-order valence-electron chi connectivity index (χ1n) is 4.61. The minimum atomic E-state index is -4.05. The van der Waals surface area contributed by atoms with Gasteiger partial charge < -0.3 is 0 Å². The normalized spacial score (nSPS) is 11.5. The molecule has 0 aliphatic carbocycles. The van der Waals surface area contributed by atoms with Gasteiger partial charge in [0, 0.05) is 6.20 Å². The van der Waals surface area contributed by atoms with Crippen molar-refractivity contribution in [3.05, 3.63) is 29.6 Å². The summed E-state index contributed by atoms with van der Waals surface area (Å²) >= 11 is 0. The summed E-state index contributed by atoms with van der Waals surface area (Å²) in [5.41, 5.74) is 0.746. The molecule has 0 aromatic carbocycles. The first-order valence-corrected chi connectivity index (χ1v) is 6.15. The Kier molecular flexibility index (Phi) is 3.61. The maximum atomic E-state index is 11.6. The van der Waals surface area contributed by atoms with Crippen LogP contribution in [0.4, 0.5) is 0 Å². The molecule has 7 heteroatoms. The topological polar surface area (TPSA) is 102 Å². The lowest BCUT2D eigenvalue weighted by molar-refractivity contribution is 0.0975. The maximum Gasteiger partial charge on any atom is 0.299 e. The second-order valence-electron chi connectivity index (χ2n) is 3.57. The quantitative estimate of drug-likeness (QED) is 0.788. The molecule has 0 spiro atoms. The molecule has 0 unspecified atom stereocenters. The molecule has 0 fully saturated rings. The summed E-state index contributed by atoms with van der Waals surface area (Å²) in [6, 6.07) is 3.40. The van der Waals surface area contributed by atoms with Crippen molar-refractivity contribution in [3.8, 4) is 0 Å². The van der Waals surface area contributed by atoms with E-state index in [1.165, 1.54) is 6.20 Å². The monoisotopic (exact) mass is 243 g/mol. The zero-order chi connectivity index (χ0) is 12.3. The van der Waals surface area contributed by atoms with Gasteiger partial charge in [0.25, 0.3) is 16.1 Å². The van der Waals surface area contributed by atoms with Crippen LogP contribution in [-0.2, 0) is 10.2 Å². The maximum absolute atomic E-state index is 11.6. The third-order valence-corrected chi connectivity index (χ3v) is 2.38. The van der Waals surface area contributed by atoms with Crippen molar-refractivity contribution >= 4 is 16.1 Å². The number of pyridine rings is 1. The summed E-state index contributed by atoms with van der Waals surface area (Å²) in [4.78, 5) is 15.4. The number of aromatic nitrogens is 1. The Morgan fingerprint density at radius 1 is 1.50 bits per heavy atom. The van der Waals surface area contributed by atoms with Gasteiger partial charge in [0.1, 0.15) is 5.69 Å². The molecule has 0 bridgehead atoms. The molecule has 16 heavy (non-hydrogen) atoms. The van der Waals surface area contributed by atoms with Crippen LogP contribution in [0.5, 0.6) is 0 Å². The number of nitrogens with zero attached hydrogens (tertiary/aromatic N) is 1. The zero-order valence-electron chi connectivity index (χ0n) is 8.97. The highest BCUT2D eigenvalue weighted by Gasteiger charge is 2.17. The Morgan fingerprint density at radius 2 is 2.12 bits per heavy atom. The number of hydrogen-bond donors (Lipinski definition) is 2. The molecule has 1 aromatic heterocycles. The predicted octanol–water partition coefficient (Wildman–Crippen LogP) is 0.138. The minimum Gasteiger partial charge on any atom is -0.266 e. The standard InChI is InChI=1S/C9H13N3O3S/c1-6(2)7-4-3-5-11-8(7)9(13)12-16(10,14)15/h3-6H,1-2H3,(H,12,13)(H2,10,14,15). The van der Waals surface area contributed by atoms with Crippen LogP contribution in [0.1, 0.15) is 35.8 Å². The number of carbonyl (C=O) groups is 1. The van der Waals surface area contributed by atoms with Gasteiger partial charge in [0.2, 0.25) is 0 Å². The van der Waals surface area contributed by atoms with Crippen LogP contribution in [0.2, 0.25) is 0 Å². The summed E-state index contributed by atoms with van der Waals surface area (Å²) < 4.78 is 23.1. The van der Waals surface area contributed by atoms with Crippen molar-refractivity contribution in [1.82, 2.24) is 9.71 Å². The molecule has 0 aliphatic rings. The van der Waals surface area contributed by atoms with E-state index in [0.29, 0.717) is 5.56 Å². The van der Waals surface area contributed by atoms with Crippen molar-refractivity contribution in [2.24, 2.45) is 5.14 Å². The average Bonchev–Trinajstić information content (AvgIpc) is 2.15. The molecule has 0 saturated heterocycles. The van der Waals surface area contributed by atoms with Gasteiger partial charge in [-0.15, -0.1) is 0 Å². The fourth-order valence-electron chi connectivity index (χ4n) is 1.25. The SMILES string of the molecule is CC(C)c1cccnc1C(=O)NS(N)(=O)=O. The number of amides is 1. The lowest BCUT2D eigenvalue weighted by atomic mass is 10.0. The van der Waals surface area contributed by atoms with Crippen LogP contribution >= 0.6 is 0 Å². The molecule has 88 valence electrons. The molecule has 1 rings (SSSR count). The highest BCUT2D eigenvalue weighted by Crippen LogP contribution is 2.16. The van der Waals surface area contributed by atoms with E-state index in [4.69, 9.17) is 5.14 Å².